The van der Waals surface area contributed by atoms with E-state index in [-0.39, 0.29) is 11.8 Å². The molecule has 146 valence electrons. The zero-order valence-corrected chi connectivity index (χ0v) is 17.5. The molecule has 3 rings (SSSR count). The molecular formula is C20H22N4O2S2. The number of unbranched alkanes of at least 4 members (excludes halogenated alkanes) is 2. The van der Waals surface area contributed by atoms with Gasteiger partial charge in [0.1, 0.15) is 5.01 Å². The fraction of sp³-hybridized carbons (Fsp3) is 0.300. The van der Waals surface area contributed by atoms with Gasteiger partial charge in [0, 0.05) is 13.5 Å². The number of hydrogen-bond acceptors (Lipinski definition) is 6. The zero-order valence-electron chi connectivity index (χ0n) is 15.8. The van der Waals surface area contributed by atoms with E-state index in [1.165, 1.54) is 27.6 Å². The van der Waals surface area contributed by atoms with Crippen molar-refractivity contribution < 1.29 is 9.59 Å². The summed E-state index contributed by atoms with van der Waals surface area (Å²) in [6.07, 6.45) is 4.24. The number of aromatic nitrogens is 2. The molecule has 1 aromatic carbocycles. The number of carbonyl (C=O) groups is 2. The summed E-state index contributed by atoms with van der Waals surface area (Å²) in [5.41, 5.74) is 0.962. The number of carbonyl (C=O) groups excluding carboxylic acids is 2. The third-order valence-electron chi connectivity index (χ3n) is 4.23. The first-order valence-corrected chi connectivity index (χ1v) is 10.8. The van der Waals surface area contributed by atoms with Gasteiger partial charge in [0.2, 0.25) is 5.13 Å². The molecule has 6 nitrogen and oxygen atoms in total. The predicted molar refractivity (Wildman–Crippen MR) is 115 cm³/mol. The number of thiophene rings is 1. The van der Waals surface area contributed by atoms with Gasteiger partial charge < -0.3 is 4.90 Å². The number of amides is 2. The molecule has 0 saturated heterocycles. The highest BCUT2D eigenvalue weighted by molar-refractivity contribution is 7.15. The van der Waals surface area contributed by atoms with E-state index in [4.69, 9.17) is 0 Å². The van der Waals surface area contributed by atoms with E-state index >= 15 is 0 Å². The monoisotopic (exact) mass is 414 g/mol. The summed E-state index contributed by atoms with van der Waals surface area (Å²) >= 11 is 2.77. The quantitative estimate of drug-likeness (QED) is 0.534. The van der Waals surface area contributed by atoms with E-state index in [1.54, 1.807) is 37.4 Å². The van der Waals surface area contributed by atoms with Crippen LogP contribution < -0.4 is 10.2 Å². The number of aryl methyl sites for hydroxylation is 1. The Bertz CT molecular complexity index is 937. The summed E-state index contributed by atoms with van der Waals surface area (Å²) in [5, 5.41) is 14.3. The van der Waals surface area contributed by atoms with Crippen LogP contribution >= 0.6 is 22.7 Å². The maximum Gasteiger partial charge on any atom is 0.268 e. The van der Waals surface area contributed by atoms with Crippen molar-refractivity contribution in [2.24, 2.45) is 0 Å². The van der Waals surface area contributed by atoms with Crippen molar-refractivity contribution in [1.82, 2.24) is 10.2 Å². The van der Waals surface area contributed by atoms with Crippen LogP contribution in [0.2, 0.25) is 0 Å². The zero-order chi connectivity index (χ0) is 19.9. The topological polar surface area (TPSA) is 75.2 Å². The molecule has 0 radical (unpaired) electrons. The highest BCUT2D eigenvalue weighted by Gasteiger charge is 2.21. The molecular weight excluding hydrogens is 392 g/mol. The van der Waals surface area contributed by atoms with Crippen LogP contribution in [0.4, 0.5) is 10.8 Å². The van der Waals surface area contributed by atoms with Gasteiger partial charge in [-0.3, -0.25) is 14.9 Å². The Kier molecular flexibility index (Phi) is 6.89. The highest BCUT2D eigenvalue weighted by Crippen LogP contribution is 2.25. The second-order valence-corrected chi connectivity index (χ2v) is 8.28. The Morgan fingerprint density at radius 1 is 1.11 bits per heavy atom. The van der Waals surface area contributed by atoms with Crippen LogP contribution in [0, 0.1) is 0 Å². The number of para-hydroxylation sites is 1. The van der Waals surface area contributed by atoms with Gasteiger partial charge in [-0.1, -0.05) is 49.3 Å². The molecule has 0 bridgehead atoms. The van der Waals surface area contributed by atoms with Crippen molar-refractivity contribution in [3.8, 4) is 0 Å². The molecule has 2 amide bonds. The first-order valence-electron chi connectivity index (χ1n) is 9.14. The van der Waals surface area contributed by atoms with Crippen LogP contribution in [0.15, 0.2) is 41.8 Å². The Morgan fingerprint density at radius 3 is 2.68 bits per heavy atom. The number of anilines is 2. The molecule has 0 unspecified atom stereocenters. The molecule has 3 aromatic rings. The number of benzene rings is 1. The van der Waals surface area contributed by atoms with Gasteiger partial charge in [0.15, 0.2) is 0 Å². The molecule has 8 heteroatoms. The summed E-state index contributed by atoms with van der Waals surface area (Å²) < 4.78 is 0. The molecule has 0 fully saturated rings. The van der Waals surface area contributed by atoms with Crippen molar-refractivity contribution in [3.05, 3.63) is 57.2 Å². The van der Waals surface area contributed by atoms with Crippen LogP contribution in [-0.2, 0) is 6.42 Å². The first kappa shape index (κ1) is 20.2. The highest BCUT2D eigenvalue weighted by atomic mass is 32.1. The fourth-order valence-electron chi connectivity index (χ4n) is 2.73. The number of nitrogens with zero attached hydrogens (tertiary/aromatic N) is 3. The van der Waals surface area contributed by atoms with Crippen molar-refractivity contribution in [2.75, 3.05) is 17.3 Å². The van der Waals surface area contributed by atoms with Gasteiger partial charge in [0.25, 0.3) is 11.8 Å². The van der Waals surface area contributed by atoms with Crippen LogP contribution in [0.3, 0.4) is 0 Å². The minimum Gasteiger partial charge on any atom is -0.310 e. The Hall–Kier alpha value is -2.58. The molecule has 0 aliphatic rings. The molecule has 0 spiro atoms. The average Bonchev–Trinajstić information content (AvgIpc) is 3.39. The number of rotatable bonds is 8. The van der Waals surface area contributed by atoms with E-state index < -0.39 is 0 Å². The largest absolute Gasteiger partial charge is 0.310 e. The smallest absolute Gasteiger partial charge is 0.268 e. The summed E-state index contributed by atoms with van der Waals surface area (Å²) in [6.45, 7) is 2.16. The lowest BCUT2D eigenvalue weighted by molar-refractivity contribution is 0.0996. The van der Waals surface area contributed by atoms with Crippen LogP contribution in [0.25, 0.3) is 0 Å². The SMILES string of the molecule is CCCCCc1nnc(NC(=O)c2ccccc2N(C)C(=O)c2cccs2)s1. The summed E-state index contributed by atoms with van der Waals surface area (Å²) in [5.74, 6) is -0.456. The standard InChI is InChI=1S/C20H22N4O2S2/c1-3-4-5-12-17-22-23-20(28-17)21-18(25)14-9-6-7-10-15(14)24(2)19(26)16-11-8-13-27-16/h6-11,13H,3-5,12H2,1-2H3,(H,21,23,25). The van der Waals surface area contributed by atoms with Gasteiger partial charge in [-0.25, -0.2) is 0 Å². The molecule has 28 heavy (non-hydrogen) atoms. The number of hydrogen-bond donors (Lipinski definition) is 1. The summed E-state index contributed by atoms with van der Waals surface area (Å²) in [6, 6.07) is 10.6. The summed E-state index contributed by atoms with van der Waals surface area (Å²) in [4.78, 5) is 27.6. The van der Waals surface area contributed by atoms with E-state index in [1.807, 2.05) is 11.4 Å². The van der Waals surface area contributed by atoms with Gasteiger partial charge in [-0.05, 0) is 30.0 Å². The first-order chi connectivity index (χ1) is 13.6. The second-order valence-electron chi connectivity index (χ2n) is 6.27. The lowest BCUT2D eigenvalue weighted by atomic mass is 10.1. The second kappa shape index (κ2) is 9.57. The third kappa shape index (κ3) is 4.82. The van der Waals surface area contributed by atoms with Crippen LogP contribution in [-0.4, -0.2) is 29.1 Å². The molecule has 0 saturated carbocycles. The van der Waals surface area contributed by atoms with Gasteiger partial charge in [-0.15, -0.1) is 21.5 Å². The molecule has 0 aliphatic heterocycles. The number of nitrogens with one attached hydrogen (secondary N) is 1. The van der Waals surface area contributed by atoms with Crippen molar-refractivity contribution >= 4 is 45.3 Å². The van der Waals surface area contributed by atoms with Crippen LogP contribution in [0.1, 0.15) is 51.2 Å². The molecule has 0 atom stereocenters. The minimum absolute atomic E-state index is 0.149. The van der Waals surface area contributed by atoms with E-state index in [2.05, 4.69) is 22.4 Å². The average molecular weight is 415 g/mol. The Balaban J connectivity index is 1.73. The Morgan fingerprint density at radius 2 is 1.93 bits per heavy atom. The summed E-state index contributed by atoms with van der Waals surface area (Å²) in [7, 11) is 1.67. The maximum atomic E-state index is 12.8. The van der Waals surface area contributed by atoms with E-state index in [0.717, 1.165) is 30.7 Å². The minimum atomic E-state index is -0.308. The Labute approximate surface area is 172 Å². The van der Waals surface area contributed by atoms with Gasteiger partial charge >= 0.3 is 0 Å². The molecule has 2 aromatic heterocycles. The van der Waals surface area contributed by atoms with Crippen molar-refractivity contribution in [1.29, 1.82) is 0 Å². The van der Waals surface area contributed by atoms with Crippen molar-refractivity contribution in [2.45, 2.75) is 32.6 Å². The van der Waals surface area contributed by atoms with E-state index in [0.29, 0.717) is 21.3 Å². The lowest BCUT2D eigenvalue weighted by Crippen LogP contribution is -2.28. The molecule has 1 N–H and O–H groups in total. The van der Waals surface area contributed by atoms with Gasteiger partial charge in [-0.2, -0.15) is 0 Å². The third-order valence-corrected chi connectivity index (χ3v) is 5.98. The van der Waals surface area contributed by atoms with Crippen molar-refractivity contribution in [3.63, 3.8) is 0 Å². The normalized spacial score (nSPS) is 10.6. The lowest BCUT2D eigenvalue weighted by Gasteiger charge is -2.19. The molecule has 0 aliphatic carbocycles. The predicted octanol–water partition coefficient (Wildman–Crippen LogP) is 4.86. The molecule has 2 heterocycles. The van der Waals surface area contributed by atoms with Gasteiger partial charge in [0.05, 0.1) is 16.1 Å². The van der Waals surface area contributed by atoms with E-state index in [9.17, 15) is 9.59 Å². The van der Waals surface area contributed by atoms with Crippen LogP contribution in [0.5, 0.6) is 0 Å². The fourth-order valence-corrected chi connectivity index (χ4v) is 4.20. The maximum absolute atomic E-state index is 12.8.